The highest BCUT2D eigenvalue weighted by molar-refractivity contribution is 7.10. The van der Waals surface area contributed by atoms with E-state index in [-0.39, 0.29) is 23.7 Å². The number of thiophene rings is 1. The summed E-state index contributed by atoms with van der Waals surface area (Å²) in [6.45, 7) is 5.30. The van der Waals surface area contributed by atoms with E-state index in [1.165, 1.54) is 4.88 Å². The monoisotopic (exact) mass is 280 g/mol. The molecule has 1 aromatic rings. The van der Waals surface area contributed by atoms with Crippen molar-refractivity contribution in [2.24, 2.45) is 0 Å². The predicted molar refractivity (Wildman–Crippen MR) is 75.0 cm³/mol. The minimum Gasteiger partial charge on any atom is -0.377 e. The number of amides is 1. The summed E-state index contributed by atoms with van der Waals surface area (Å²) in [4.78, 5) is 15.6. The number of nitrogens with one attached hydrogen (secondary N) is 1. The lowest BCUT2D eigenvalue weighted by Gasteiger charge is -2.23. The molecule has 3 rings (SSSR count). The summed E-state index contributed by atoms with van der Waals surface area (Å²) in [6, 6.07) is 4.13. The first kappa shape index (κ1) is 13.1. The molecule has 2 heterocycles. The van der Waals surface area contributed by atoms with Crippen LogP contribution in [0.2, 0.25) is 0 Å². The fraction of sp³-hybridized carbons (Fsp3) is 0.643. The summed E-state index contributed by atoms with van der Waals surface area (Å²) in [6.07, 6.45) is 2.18. The first-order chi connectivity index (χ1) is 9.12. The number of carbonyl (C=O) groups excluding carboxylic acids is 1. The van der Waals surface area contributed by atoms with Gasteiger partial charge in [0.15, 0.2) is 0 Å². The van der Waals surface area contributed by atoms with Crippen molar-refractivity contribution >= 4 is 17.2 Å². The molecule has 1 atom stereocenters. The number of hydrogen-bond acceptors (Lipinski definition) is 4. The third kappa shape index (κ3) is 2.42. The van der Waals surface area contributed by atoms with E-state index < -0.39 is 0 Å². The number of hydrogen-bond donors (Lipinski definition) is 1. The highest BCUT2D eigenvalue weighted by Gasteiger charge is 2.59. The molecule has 1 aromatic heterocycles. The highest BCUT2D eigenvalue weighted by atomic mass is 32.1. The van der Waals surface area contributed by atoms with Gasteiger partial charge in [-0.15, -0.1) is 11.3 Å². The first-order valence-corrected chi connectivity index (χ1v) is 7.74. The van der Waals surface area contributed by atoms with Gasteiger partial charge in [-0.2, -0.15) is 0 Å². The lowest BCUT2D eigenvalue weighted by molar-refractivity contribution is -0.131. The van der Waals surface area contributed by atoms with E-state index >= 15 is 0 Å². The maximum atomic E-state index is 12.5. The van der Waals surface area contributed by atoms with Crippen LogP contribution < -0.4 is 5.32 Å². The standard InChI is InChI=1S/C14H20N2O2S/c1-10(2)18-8-7-16-12(11-4-3-9-19-11)15-14(5-6-14)13(16)17/h3-4,9-10,12,15H,5-8H2,1-2H3. The fourth-order valence-corrected chi connectivity index (χ4v) is 3.35. The van der Waals surface area contributed by atoms with Gasteiger partial charge in [0.2, 0.25) is 5.91 Å². The van der Waals surface area contributed by atoms with Crippen LogP contribution in [0.25, 0.3) is 0 Å². The molecule has 104 valence electrons. The zero-order valence-electron chi connectivity index (χ0n) is 11.4. The largest absolute Gasteiger partial charge is 0.377 e. The molecule has 0 radical (unpaired) electrons. The van der Waals surface area contributed by atoms with Crippen molar-refractivity contribution in [3.8, 4) is 0 Å². The smallest absolute Gasteiger partial charge is 0.244 e. The number of carbonyl (C=O) groups is 1. The van der Waals surface area contributed by atoms with Gasteiger partial charge in [-0.3, -0.25) is 10.1 Å². The minimum atomic E-state index is -0.257. The molecule has 2 aliphatic rings. The second kappa shape index (κ2) is 4.89. The van der Waals surface area contributed by atoms with Gasteiger partial charge < -0.3 is 9.64 Å². The number of nitrogens with zero attached hydrogens (tertiary/aromatic N) is 1. The van der Waals surface area contributed by atoms with Crippen LogP contribution in [0.4, 0.5) is 0 Å². The Hall–Kier alpha value is -0.910. The highest BCUT2D eigenvalue weighted by Crippen LogP contribution is 2.46. The molecule has 1 aliphatic heterocycles. The lowest BCUT2D eigenvalue weighted by atomic mass is 10.3. The zero-order chi connectivity index (χ0) is 13.5. The molecule has 1 unspecified atom stereocenters. The Kier molecular flexibility index (Phi) is 3.37. The van der Waals surface area contributed by atoms with Crippen molar-refractivity contribution in [3.63, 3.8) is 0 Å². The minimum absolute atomic E-state index is 0.0331. The van der Waals surface area contributed by atoms with Crippen LogP contribution >= 0.6 is 11.3 Å². The van der Waals surface area contributed by atoms with Crippen molar-refractivity contribution in [2.75, 3.05) is 13.2 Å². The van der Waals surface area contributed by atoms with Gasteiger partial charge >= 0.3 is 0 Å². The molecule has 5 heteroatoms. The summed E-state index contributed by atoms with van der Waals surface area (Å²) in [5.41, 5.74) is -0.257. The summed E-state index contributed by atoms with van der Waals surface area (Å²) in [7, 11) is 0. The van der Waals surface area contributed by atoms with E-state index in [0.29, 0.717) is 13.2 Å². The van der Waals surface area contributed by atoms with Crippen molar-refractivity contribution in [2.45, 2.75) is 44.5 Å². The summed E-state index contributed by atoms with van der Waals surface area (Å²) in [5.74, 6) is 0.248. The van der Waals surface area contributed by atoms with E-state index in [2.05, 4.69) is 16.8 Å². The Morgan fingerprint density at radius 3 is 2.95 bits per heavy atom. The summed E-state index contributed by atoms with van der Waals surface area (Å²) < 4.78 is 5.59. The van der Waals surface area contributed by atoms with E-state index in [9.17, 15) is 4.79 Å². The van der Waals surface area contributed by atoms with Crippen LogP contribution in [0.15, 0.2) is 17.5 Å². The molecular formula is C14H20N2O2S. The second-order valence-electron chi connectivity index (χ2n) is 5.56. The topological polar surface area (TPSA) is 41.6 Å². The fourth-order valence-electron chi connectivity index (χ4n) is 2.57. The van der Waals surface area contributed by atoms with Gasteiger partial charge in [-0.05, 0) is 38.1 Å². The van der Waals surface area contributed by atoms with Crippen LogP contribution in [0, 0.1) is 0 Å². The molecule has 1 aliphatic carbocycles. The van der Waals surface area contributed by atoms with Crippen LogP contribution in [0.5, 0.6) is 0 Å². The molecule has 1 saturated heterocycles. The molecule has 2 fully saturated rings. The van der Waals surface area contributed by atoms with E-state index in [4.69, 9.17) is 4.74 Å². The normalized spacial score (nSPS) is 24.7. The third-order valence-electron chi connectivity index (χ3n) is 3.74. The van der Waals surface area contributed by atoms with Gasteiger partial charge in [0, 0.05) is 11.4 Å². The number of ether oxygens (including phenoxy) is 1. The van der Waals surface area contributed by atoms with E-state index in [1.807, 2.05) is 24.8 Å². The molecule has 1 N–H and O–H groups in total. The Balaban J connectivity index is 1.72. The quantitative estimate of drug-likeness (QED) is 0.898. The zero-order valence-corrected chi connectivity index (χ0v) is 12.2. The average Bonchev–Trinajstić information content (AvgIpc) is 2.84. The van der Waals surface area contributed by atoms with Crippen molar-refractivity contribution in [3.05, 3.63) is 22.4 Å². The summed E-state index contributed by atoms with van der Waals surface area (Å²) in [5, 5.41) is 5.57. The first-order valence-electron chi connectivity index (χ1n) is 6.86. The van der Waals surface area contributed by atoms with Gasteiger partial charge in [-0.25, -0.2) is 0 Å². The molecule has 0 bridgehead atoms. The molecule has 1 amide bonds. The van der Waals surface area contributed by atoms with Crippen molar-refractivity contribution < 1.29 is 9.53 Å². The van der Waals surface area contributed by atoms with Crippen LogP contribution in [-0.4, -0.2) is 35.6 Å². The average molecular weight is 280 g/mol. The number of rotatable bonds is 5. The second-order valence-corrected chi connectivity index (χ2v) is 6.54. The maximum Gasteiger partial charge on any atom is 0.244 e. The molecule has 0 aromatic carbocycles. The lowest BCUT2D eigenvalue weighted by Crippen LogP contribution is -2.34. The van der Waals surface area contributed by atoms with Gasteiger partial charge in [0.25, 0.3) is 0 Å². The van der Waals surface area contributed by atoms with Gasteiger partial charge in [0.05, 0.1) is 12.7 Å². The van der Waals surface area contributed by atoms with Gasteiger partial charge in [0.1, 0.15) is 11.7 Å². The molecule has 4 nitrogen and oxygen atoms in total. The molecule has 19 heavy (non-hydrogen) atoms. The van der Waals surface area contributed by atoms with Crippen molar-refractivity contribution in [1.82, 2.24) is 10.2 Å². The van der Waals surface area contributed by atoms with Gasteiger partial charge in [-0.1, -0.05) is 6.07 Å². The SMILES string of the molecule is CC(C)OCCN1C(=O)C2(CC2)NC1c1cccs1. The molecule has 1 saturated carbocycles. The van der Waals surface area contributed by atoms with Crippen LogP contribution in [0.3, 0.4) is 0 Å². The molecule has 1 spiro atoms. The molecular weight excluding hydrogens is 260 g/mol. The van der Waals surface area contributed by atoms with Crippen LogP contribution in [-0.2, 0) is 9.53 Å². The third-order valence-corrected chi connectivity index (χ3v) is 4.67. The predicted octanol–water partition coefficient (Wildman–Crippen LogP) is 2.14. The maximum absolute atomic E-state index is 12.5. The Morgan fingerprint density at radius 1 is 1.58 bits per heavy atom. The van der Waals surface area contributed by atoms with E-state index in [1.54, 1.807) is 11.3 Å². The Morgan fingerprint density at radius 2 is 2.37 bits per heavy atom. The summed E-state index contributed by atoms with van der Waals surface area (Å²) >= 11 is 1.70. The van der Waals surface area contributed by atoms with Crippen LogP contribution in [0.1, 0.15) is 37.7 Å². The Labute approximate surface area is 117 Å². The van der Waals surface area contributed by atoms with Crippen molar-refractivity contribution in [1.29, 1.82) is 0 Å². The van der Waals surface area contributed by atoms with E-state index in [0.717, 1.165) is 12.8 Å². The Bertz CT molecular complexity index is 454.